The fourth-order valence-corrected chi connectivity index (χ4v) is 3.76. The predicted octanol–water partition coefficient (Wildman–Crippen LogP) is 5.20. The Kier molecular flexibility index (Phi) is 5.71. The molecule has 0 unspecified atom stereocenters. The number of pyridine rings is 1. The minimum Gasteiger partial charge on any atom is -0.348 e. The number of halogens is 1. The van der Waals surface area contributed by atoms with Crippen LogP contribution in [0.1, 0.15) is 29.3 Å². The van der Waals surface area contributed by atoms with E-state index >= 15 is 0 Å². The third-order valence-corrected chi connectivity index (χ3v) is 5.50. The van der Waals surface area contributed by atoms with Crippen LogP contribution in [0.5, 0.6) is 0 Å². The molecule has 6 heteroatoms. The molecule has 1 N–H and O–H groups in total. The lowest BCUT2D eigenvalue weighted by Crippen LogP contribution is -2.23. The second-order valence-corrected chi connectivity index (χ2v) is 7.64. The van der Waals surface area contributed by atoms with Crippen LogP contribution in [0.2, 0.25) is 0 Å². The van der Waals surface area contributed by atoms with E-state index in [1.165, 1.54) is 0 Å². The number of imidazole rings is 1. The van der Waals surface area contributed by atoms with Crippen molar-refractivity contribution < 1.29 is 4.79 Å². The molecule has 5 nitrogen and oxygen atoms in total. The van der Waals surface area contributed by atoms with E-state index in [1.54, 1.807) is 6.20 Å². The average molecular weight is 449 g/mol. The van der Waals surface area contributed by atoms with Gasteiger partial charge in [0.05, 0.1) is 0 Å². The number of aryl methyl sites for hydroxylation is 1. The summed E-state index contributed by atoms with van der Waals surface area (Å²) in [6.07, 6.45) is 2.76. The van der Waals surface area contributed by atoms with Crippen molar-refractivity contribution in [3.05, 3.63) is 82.5 Å². The van der Waals surface area contributed by atoms with Gasteiger partial charge >= 0.3 is 0 Å². The van der Waals surface area contributed by atoms with Gasteiger partial charge in [0, 0.05) is 34.9 Å². The third-order valence-electron chi connectivity index (χ3n) is 4.73. The summed E-state index contributed by atoms with van der Waals surface area (Å²) in [6.45, 7) is 3.41. The molecule has 0 saturated heterocycles. The number of aromatic nitrogens is 3. The van der Waals surface area contributed by atoms with Gasteiger partial charge < -0.3 is 9.88 Å². The first-order chi connectivity index (χ1) is 14.2. The van der Waals surface area contributed by atoms with Crippen LogP contribution in [0, 0.1) is 0 Å². The summed E-state index contributed by atoms with van der Waals surface area (Å²) in [5.41, 5.74) is 4.28. The highest BCUT2D eigenvalue weighted by Crippen LogP contribution is 2.25. The van der Waals surface area contributed by atoms with Gasteiger partial charge in [-0.1, -0.05) is 53.2 Å². The summed E-state index contributed by atoms with van der Waals surface area (Å²) in [5.74, 6) is 0.722. The van der Waals surface area contributed by atoms with Gasteiger partial charge in [0.2, 0.25) is 0 Å². The molecule has 146 valence electrons. The Bertz CT molecular complexity index is 1170. The van der Waals surface area contributed by atoms with Crippen LogP contribution in [0.25, 0.3) is 22.6 Å². The van der Waals surface area contributed by atoms with Crippen molar-refractivity contribution in [3.63, 3.8) is 0 Å². The highest BCUT2D eigenvalue weighted by atomic mass is 79.9. The first-order valence-corrected chi connectivity index (χ1v) is 10.4. The van der Waals surface area contributed by atoms with Gasteiger partial charge in [-0.05, 0) is 42.3 Å². The van der Waals surface area contributed by atoms with Crippen molar-refractivity contribution in [2.24, 2.45) is 0 Å². The standard InChI is InChI=1S/C23H21BrN4O/c1-2-13-28-21(27-20-11-6-12-25-22(20)28)16-8-5-9-17(14-16)23(29)26-15-18-7-3-4-10-19(18)24/h3-12,14H,2,13,15H2,1H3,(H,26,29). The molecule has 2 aromatic heterocycles. The molecular formula is C23H21BrN4O. The van der Waals surface area contributed by atoms with E-state index in [-0.39, 0.29) is 5.91 Å². The minimum atomic E-state index is -0.112. The lowest BCUT2D eigenvalue weighted by atomic mass is 10.1. The number of hydrogen-bond acceptors (Lipinski definition) is 3. The van der Waals surface area contributed by atoms with Gasteiger partial charge in [0.1, 0.15) is 11.3 Å². The number of fused-ring (bicyclic) bond motifs is 1. The molecule has 2 heterocycles. The minimum absolute atomic E-state index is 0.112. The number of hydrogen-bond donors (Lipinski definition) is 1. The molecule has 4 aromatic rings. The molecule has 4 rings (SSSR count). The van der Waals surface area contributed by atoms with Gasteiger partial charge in [-0.15, -0.1) is 0 Å². The molecule has 1 amide bonds. The molecule has 0 aliphatic carbocycles. The number of nitrogens with one attached hydrogen (secondary N) is 1. The van der Waals surface area contributed by atoms with Crippen molar-refractivity contribution in [1.82, 2.24) is 19.9 Å². The largest absolute Gasteiger partial charge is 0.348 e. The summed E-state index contributed by atoms with van der Waals surface area (Å²) in [5, 5.41) is 2.99. The molecule has 0 aliphatic rings. The number of amides is 1. The molecule has 0 bridgehead atoms. The monoisotopic (exact) mass is 448 g/mol. The second kappa shape index (κ2) is 8.57. The van der Waals surface area contributed by atoms with E-state index in [1.807, 2.05) is 60.7 Å². The fraction of sp³-hybridized carbons (Fsp3) is 0.174. The van der Waals surface area contributed by atoms with Gasteiger partial charge in [-0.2, -0.15) is 0 Å². The molecular weight excluding hydrogens is 428 g/mol. The zero-order valence-electron chi connectivity index (χ0n) is 16.1. The molecule has 0 fully saturated rings. The zero-order chi connectivity index (χ0) is 20.2. The molecule has 0 saturated carbocycles. The third kappa shape index (κ3) is 4.07. The maximum atomic E-state index is 12.7. The SMILES string of the molecule is CCCn1c(-c2cccc(C(=O)NCc3ccccc3Br)c2)nc2cccnc21. The van der Waals surface area contributed by atoms with Gasteiger partial charge in [-0.3, -0.25) is 4.79 Å². The van der Waals surface area contributed by atoms with Crippen molar-refractivity contribution in [3.8, 4) is 11.4 Å². The lowest BCUT2D eigenvalue weighted by Gasteiger charge is -2.10. The normalized spacial score (nSPS) is 11.0. The number of nitrogens with zero attached hydrogens (tertiary/aromatic N) is 3. The lowest BCUT2D eigenvalue weighted by molar-refractivity contribution is 0.0951. The van der Waals surface area contributed by atoms with Crippen molar-refractivity contribution >= 4 is 33.0 Å². The number of benzene rings is 2. The number of carbonyl (C=O) groups excluding carboxylic acids is 1. The summed E-state index contributed by atoms with van der Waals surface area (Å²) < 4.78 is 3.10. The quantitative estimate of drug-likeness (QED) is 0.440. The van der Waals surface area contributed by atoms with Crippen LogP contribution in [0.15, 0.2) is 71.3 Å². The fourth-order valence-electron chi connectivity index (χ4n) is 3.33. The van der Waals surface area contributed by atoms with E-state index in [4.69, 9.17) is 4.98 Å². The van der Waals surface area contributed by atoms with E-state index in [9.17, 15) is 4.79 Å². The highest BCUT2D eigenvalue weighted by Gasteiger charge is 2.15. The second-order valence-electron chi connectivity index (χ2n) is 6.79. The van der Waals surface area contributed by atoms with Crippen LogP contribution >= 0.6 is 15.9 Å². The maximum absolute atomic E-state index is 12.7. The predicted molar refractivity (Wildman–Crippen MR) is 119 cm³/mol. The van der Waals surface area contributed by atoms with Gasteiger partial charge in [0.15, 0.2) is 5.65 Å². The van der Waals surface area contributed by atoms with Crippen LogP contribution in [-0.4, -0.2) is 20.4 Å². The van der Waals surface area contributed by atoms with Crippen LogP contribution in [0.3, 0.4) is 0 Å². The van der Waals surface area contributed by atoms with Crippen molar-refractivity contribution in [1.29, 1.82) is 0 Å². The van der Waals surface area contributed by atoms with E-state index in [0.29, 0.717) is 12.1 Å². The van der Waals surface area contributed by atoms with Crippen LogP contribution < -0.4 is 5.32 Å². The summed E-state index contributed by atoms with van der Waals surface area (Å²) in [7, 11) is 0. The van der Waals surface area contributed by atoms with Crippen LogP contribution in [-0.2, 0) is 13.1 Å². The maximum Gasteiger partial charge on any atom is 0.251 e. The highest BCUT2D eigenvalue weighted by molar-refractivity contribution is 9.10. The Morgan fingerprint density at radius 1 is 1.10 bits per heavy atom. The van der Waals surface area contributed by atoms with Crippen molar-refractivity contribution in [2.45, 2.75) is 26.4 Å². The van der Waals surface area contributed by atoms with E-state index in [0.717, 1.165) is 45.6 Å². The number of carbonyl (C=O) groups is 1. The Labute approximate surface area is 177 Å². The Morgan fingerprint density at radius 3 is 2.79 bits per heavy atom. The molecule has 2 aromatic carbocycles. The van der Waals surface area contributed by atoms with Crippen LogP contribution in [0.4, 0.5) is 0 Å². The van der Waals surface area contributed by atoms with E-state index in [2.05, 4.69) is 37.7 Å². The Balaban J connectivity index is 1.62. The smallest absolute Gasteiger partial charge is 0.251 e. The first-order valence-electron chi connectivity index (χ1n) is 9.60. The van der Waals surface area contributed by atoms with Crippen molar-refractivity contribution in [2.75, 3.05) is 0 Å². The Morgan fingerprint density at radius 2 is 1.97 bits per heavy atom. The van der Waals surface area contributed by atoms with Gasteiger partial charge in [-0.25, -0.2) is 9.97 Å². The molecule has 0 radical (unpaired) electrons. The summed E-state index contributed by atoms with van der Waals surface area (Å²) >= 11 is 3.52. The zero-order valence-corrected chi connectivity index (χ0v) is 17.7. The molecule has 0 atom stereocenters. The summed E-state index contributed by atoms with van der Waals surface area (Å²) in [6, 6.07) is 19.3. The first kappa shape index (κ1) is 19.3. The van der Waals surface area contributed by atoms with E-state index < -0.39 is 0 Å². The molecule has 0 aliphatic heterocycles. The summed E-state index contributed by atoms with van der Waals surface area (Å²) in [4.78, 5) is 22.0. The number of rotatable bonds is 6. The molecule has 0 spiro atoms. The average Bonchev–Trinajstić information content (AvgIpc) is 3.12. The molecule has 29 heavy (non-hydrogen) atoms. The Hall–Kier alpha value is -2.99. The van der Waals surface area contributed by atoms with Gasteiger partial charge in [0.25, 0.3) is 5.91 Å². The topological polar surface area (TPSA) is 59.8 Å².